The molecular formula is C8H10BClO3. The molecule has 0 aromatic heterocycles. The number of aliphatic hydroxyl groups is 1. The molecule has 0 amide bonds. The third-order valence-electron chi connectivity index (χ3n) is 1.98. The van der Waals surface area contributed by atoms with Crippen molar-refractivity contribution in [2.45, 2.75) is 13.5 Å². The topological polar surface area (TPSA) is 60.7 Å². The van der Waals surface area contributed by atoms with Gasteiger partial charge in [0, 0.05) is 10.5 Å². The van der Waals surface area contributed by atoms with Gasteiger partial charge in [-0.3, -0.25) is 0 Å². The largest absolute Gasteiger partial charge is 0.489 e. The normalized spacial score (nSPS) is 10.2. The molecule has 0 aliphatic heterocycles. The van der Waals surface area contributed by atoms with Crippen LogP contribution in [0.2, 0.25) is 5.02 Å². The van der Waals surface area contributed by atoms with Gasteiger partial charge in [0.05, 0.1) is 6.61 Å². The van der Waals surface area contributed by atoms with E-state index in [0.29, 0.717) is 16.1 Å². The highest BCUT2D eigenvalue weighted by atomic mass is 35.5. The first-order valence-electron chi connectivity index (χ1n) is 3.82. The van der Waals surface area contributed by atoms with E-state index in [0.717, 1.165) is 0 Å². The number of rotatable bonds is 2. The zero-order valence-electron chi connectivity index (χ0n) is 7.16. The lowest BCUT2D eigenvalue weighted by molar-refractivity contribution is 0.281. The molecule has 0 bridgehead atoms. The molecule has 0 unspecified atom stereocenters. The molecule has 13 heavy (non-hydrogen) atoms. The van der Waals surface area contributed by atoms with Gasteiger partial charge in [-0.2, -0.15) is 0 Å². The molecule has 3 nitrogen and oxygen atoms in total. The zero-order chi connectivity index (χ0) is 10.0. The van der Waals surface area contributed by atoms with Crippen molar-refractivity contribution in [1.82, 2.24) is 0 Å². The maximum absolute atomic E-state index is 8.90. The van der Waals surface area contributed by atoms with E-state index in [4.69, 9.17) is 26.8 Å². The minimum absolute atomic E-state index is 0.104. The van der Waals surface area contributed by atoms with Crippen LogP contribution in [0.5, 0.6) is 0 Å². The van der Waals surface area contributed by atoms with Crippen LogP contribution in [-0.4, -0.2) is 22.3 Å². The molecular weight excluding hydrogens is 190 g/mol. The van der Waals surface area contributed by atoms with Crippen molar-refractivity contribution in [1.29, 1.82) is 0 Å². The van der Waals surface area contributed by atoms with Crippen molar-refractivity contribution in [3.63, 3.8) is 0 Å². The van der Waals surface area contributed by atoms with Crippen LogP contribution < -0.4 is 5.46 Å². The third kappa shape index (κ3) is 2.03. The van der Waals surface area contributed by atoms with E-state index in [2.05, 4.69) is 0 Å². The highest BCUT2D eigenvalue weighted by molar-refractivity contribution is 6.62. The van der Waals surface area contributed by atoms with Crippen LogP contribution in [0, 0.1) is 6.92 Å². The lowest BCUT2D eigenvalue weighted by Gasteiger charge is -2.09. The number of hydrogen-bond donors (Lipinski definition) is 3. The van der Waals surface area contributed by atoms with Gasteiger partial charge in [-0.25, -0.2) is 0 Å². The number of aliphatic hydroxyl groups excluding tert-OH is 1. The van der Waals surface area contributed by atoms with E-state index in [9.17, 15) is 0 Å². The fourth-order valence-corrected chi connectivity index (χ4v) is 1.40. The smallest absolute Gasteiger partial charge is 0.423 e. The molecule has 0 aliphatic carbocycles. The van der Waals surface area contributed by atoms with E-state index in [1.165, 1.54) is 6.07 Å². The van der Waals surface area contributed by atoms with Crippen molar-refractivity contribution in [3.8, 4) is 0 Å². The Hall–Kier alpha value is -0.545. The average Bonchev–Trinajstić information content (AvgIpc) is 2.09. The van der Waals surface area contributed by atoms with Crippen LogP contribution in [0.25, 0.3) is 0 Å². The molecule has 0 saturated carbocycles. The van der Waals surface area contributed by atoms with Gasteiger partial charge < -0.3 is 15.2 Å². The molecule has 0 aliphatic rings. The van der Waals surface area contributed by atoms with Crippen LogP contribution in [0.3, 0.4) is 0 Å². The monoisotopic (exact) mass is 200 g/mol. The standard InChI is InChI=1S/C8H10BClO3/c1-5-6(4-11)2-3-7(8(5)10)9(12)13/h2-3,11-13H,4H2,1H3. The van der Waals surface area contributed by atoms with E-state index in [1.54, 1.807) is 13.0 Å². The minimum atomic E-state index is -1.57. The van der Waals surface area contributed by atoms with E-state index >= 15 is 0 Å². The highest BCUT2D eigenvalue weighted by Crippen LogP contribution is 2.17. The minimum Gasteiger partial charge on any atom is -0.423 e. The van der Waals surface area contributed by atoms with Gasteiger partial charge in [-0.1, -0.05) is 23.7 Å². The second-order valence-corrected chi connectivity index (χ2v) is 3.16. The predicted molar refractivity (Wildman–Crippen MR) is 51.9 cm³/mol. The molecule has 0 radical (unpaired) electrons. The van der Waals surface area contributed by atoms with Crippen LogP contribution in [0.1, 0.15) is 11.1 Å². The summed E-state index contributed by atoms with van der Waals surface area (Å²) in [6.07, 6.45) is 0. The van der Waals surface area contributed by atoms with Gasteiger partial charge in [-0.05, 0) is 18.1 Å². The Balaban J connectivity index is 3.23. The molecule has 0 heterocycles. The van der Waals surface area contributed by atoms with Crippen molar-refractivity contribution in [2.75, 3.05) is 0 Å². The van der Waals surface area contributed by atoms with Crippen molar-refractivity contribution in [3.05, 3.63) is 28.3 Å². The summed E-state index contributed by atoms with van der Waals surface area (Å²) in [6.45, 7) is 1.62. The third-order valence-corrected chi connectivity index (χ3v) is 2.48. The van der Waals surface area contributed by atoms with Gasteiger partial charge in [-0.15, -0.1) is 0 Å². The van der Waals surface area contributed by atoms with Crippen molar-refractivity contribution < 1.29 is 15.2 Å². The summed E-state index contributed by atoms with van der Waals surface area (Å²) in [7, 11) is -1.57. The zero-order valence-corrected chi connectivity index (χ0v) is 7.91. The van der Waals surface area contributed by atoms with Gasteiger partial charge in [0.1, 0.15) is 0 Å². The Morgan fingerprint density at radius 1 is 1.38 bits per heavy atom. The summed E-state index contributed by atoms with van der Waals surface area (Å²) < 4.78 is 0. The SMILES string of the molecule is Cc1c(CO)ccc(B(O)O)c1Cl. The molecule has 0 spiro atoms. The summed E-state index contributed by atoms with van der Waals surface area (Å²) in [4.78, 5) is 0. The molecule has 3 N–H and O–H groups in total. The number of hydrogen-bond acceptors (Lipinski definition) is 3. The Bertz CT molecular complexity index is 315. The summed E-state index contributed by atoms with van der Waals surface area (Å²) >= 11 is 5.84. The van der Waals surface area contributed by atoms with Crippen LogP contribution in [0.4, 0.5) is 0 Å². The Morgan fingerprint density at radius 2 is 2.00 bits per heavy atom. The maximum Gasteiger partial charge on any atom is 0.489 e. The Kier molecular flexibility index (Phi) is 3.33. The number of halogens is 1. The molecule has 1 rings (SSSR count). The molecule has 1 aromatic rings. The average molecular weight is 200 g/mol. The van der Waals surface area contributed by atoms with Crippen molar-refractivity contribution in [2.24, 2.45) is 0 Å². The fourth-order valence-electron chi connectivity index (χ4n) is 1.12. The van der Waals surface area contributed by atoms with Crippen LogP contribution in [0.15, 0.2) is 12.1 Å². The maximum atomic E-state index is 8.90. The molecule has 0 fully saturated rings. The molecule has 70 valence electrons. The first kappa shape index (κ1) is 10.5. The van der Waals surface area contributed by atoms with Crippen molar-refractivity contribution >= 4 is 24.2 Å². The van der Waals surface area contributed by atoms with Crippen LogP contribution >= 0.6 is 11.6 Å². The lowest BCUT2D eigenvalue weighted by atomic mass is 9.79. The molecule has 1 aromatic carbocycles. The number of benzene rings is 1. The molecule has 0 atom stereocenters. The molecule has 5 heteroatoms. The highest BCUT2D eigenvalue weighted by Gasteiger charge is 2.17. The Labute approximate surface area is 81.7 Å². The second-order valence-electron chi connectivity index (χ2n) is 2.78. The first-order valence-corrected chi connectivity index (χ1v) is 4.20. The van der Waals surface area contributed by atoms with Crippen LogP contribution in [-0.2, 0) is 6.61 Å². The van der Waals surface area contributed by atoms with E-state index in [1.807, 2.05) is 0 Å². The fraction of sp³-hybridized carbons (Fsp3) is 0.250. The van der Waals surface area contributed by atoms with Gasteiger partial charge in [0.15, 0.2) is 0 Å². The summed E-state index contributed by atoms with van der Waals surface area (Å²) in [5.41, 5.74) is 1.63. The first-order chi connectivity index (χ1) is 6.07. The van der Waals surface area contributed by atoms with Gasteiger partial charge in [0.2, 0.25) is 0 Å². The van der Waals surface area contributed by atoms with E-state index < -0.39 is 7.12 Å². The quantitative estimate of drug-likeness (QED) is 0.581. The second kappa shape index (κ2) is 4.11. The predicted octanol–water partition coefficient (Wildman–Crippen LogP) is -0.179. The summed E-state index contributed by atoms with van der Waals surface area (Å²) in [5, 5.41) is 27.0. The van der Waals surface area contributed by atoms with Gasteiger partial charge >= 0.3 is 7.12 Å². The summed E-state index contributed by atoms with van der Waals surface area (Å²) in [5.74, 6) is 0. The van der Waals surface area contributed by atoms with Gasteiger partial charge in [0.25, 0.3) is 0 Å². The van der Waals surface area contributed by atoms with E-state index in [-0.39, 0.29) is 12.1 Å². The molecule has 0 saturated heterocycles. The Morgan fingerprint density at radius 3 is 2.46 bits per heavy atom. The summed E-state index contributed by atoms with van der Waals surface area (Å²) in [6, 6.07) is 3.11. The lowest BCUT2D eigenvalue weighted by Crippen LogP contribution is -2.31.